The molecule has 1 amide bonds. The van der Waals surface area contributed by atoms with E-state index in [-0.39, 0.29) is 13.0 Å². The Bertz CT molecular complexity index is 512. The Balaban J connectivity index is 2.16. The summed E-state index contributed by atoms with van der Waals surface area (Å²) >= 11 is 5.66. The van der Waals surface area contributed by atoms with Gasteiger partial charge in [-0.1, -0.05) is 0 Å². The highest BCUT2D eigenvalue weighted by molar-refractivity contribution is 6.37. The van der Waals surface area contributed by atoms with E-state index >= 15 is 0 Å². The van der Waals surface area contributed by atoms with Gasteiger partial charge in [-0.2, -0.15) is 13.2 Å². The first kappa shape index (κ1) is 14.9. The van der Waals surface area contributed by atoms with Gasteiger partial charge in [0.1, 0.15) is 6.17 Å². The zero-order chi connectivity index (χ0) is 14.9. The molecule has 2 atom stereocenters. The summed E-state index contributed by atoms with van der Waals surface area (Å²) < 4.78 is 50.8. The largest absolute Gasteiger partial charge is 0.434 e. The van der Waals surface area contributed by atoms with Crippen LogP contribution in [0.5, 0.6) is 0 Å². The monoisotopic (exact) mass is 312 g/mol. The average molecular weight is 313 g/mol. The number of anilines is 1. The topological polar surface area (TPSA) is 58.1 Å². The maximum Gasteiger partial charge on any atom is 0.434 e. The fourth-order valence-corrected chi connectivity index (χ4v) is 1.92. The predicted molar refractivity (Wildman–Crippen MR) is 61.7 cm³/mol. The second kappa shape index (κ2) is 5.49. The maximum atomic E-state index is 13.0. The molecule has 0 aliphatic carbocycles. The third-order valence-corrected chi connectivity index (χ3v) is 3.02. The predicted octanol–water partition coefficient (Wildman–Crippen LogP) is 1.68. The lowest BCUT2D eigenvalue weighted by Gasteiger charge is -2.17. The number of carbonyl (C=O) groups is 1. The molecular formula is C10H9ClF4N4O. The number of carbonyl (C=O) groups excluding carboxylic acids is 1. The van der Waals surface area contributed by atoms with Gasteiger partial charge in [0.2, 0.25) is 0 Å². The molecule has 10 heteroatoms. The normalized spacial score (nSPS) is 22.9. The van der Waals surface area contributed by atoms with Gasteiger partial charge in [-0.3, -0.25) is 9.78 Å². The van der Waals surface area contributed by atoms with Crippen LogP contribution in [0.25, 0.3) is 0 Å². The van der Waals surface area contributed by atoms with E-state index in [0.29, 0.717) is 10.6 Å². The van der Waals surface area contributed by atoms with Gasteiger partial charge in [-0.25, -0.2) is 13.8 Å². The smallest absolute Gasteiger partial charge is 0.303 e. The van der Waals surface area contributed by atoms with Crippen molar-refractivity contribution in [3.05, 3.63) is 18.1 Å². The molecule has 1 N–H and O–H groups in total. The SMILES string of the molecule is O=C([C@@H]1C[C@@H](F)CN1)N(Cl)c1cncc(C(F)(F)F)n1. The van der Waals surface area contributed by atoms with Crippen LogP contribution in [0.2, 0.25) is 0 Å². The van der Waals surface area contributed by atoms with Crippen LogP contribution in [0.15, 0.2) is 12.4 Å². The fourth-order valence-electron chi connectivity index (χ4n) is 1.72. The van der Waals surface area contributed by atoms with Gasteiger partial charge in [0.15, 0.2) is 11.5 Å². The maximum absolute atomic E-state index is 13.0. The zero-order valence-electron chi connectivity index (χ0n) is 9.86. The van der Waals surface area contributed by atoms with Crippen LogP contribution in [0, 0.1) is 0 Å². The molecule has 20 heavy (non-hydrogen) atoms. The van der Waals surface area contributed by atoms with Crippen molar-refractivity contribution in [3.8, 4) is 0 Å². The molecule has 0 spiro atoms. The number of nitrogens with zero attached hydrogens (tertiary/aromatic N) is 3. The number of amides is 1. The van der Waals surface area contributed by atoms with E-state index in [1.54, 1.807) is 0 Å². The number of alkyl halides is 4. The first-order chi connectivity index (χ1) is 9.29. The summed E-state index contributed by atoms with van der Waals surface area (Å²) in [6.07, 6.45) is -4.54. The van der Waals surface area contributed by atoms with Crippen molar-refractivity contribution in [3.63, 3.8) is 0 Å². The summed E-state index contributed by atoms with van der Waals surface area (Å²) in [6.45, 7) is -0.00456. The van der Waals surface area contributed by atoms with E-state index in [1.165, 1.54) is 0 Å². The molecule has 0 unspecified atom stereocenters. The third kappa shape index (κ3) is 3.15. The van der Waals surface area contributed by atoms with E-state index in [4.69, 9.17) is 11.8 Å². The van der Waals surface area contributed by atoms with E-state index < -0.39 is 35.8 Å². The summed E-state index contributed by atoms with van der Waals surface area (Å²) in [6, 6.07) is -0.890. The number of halogens is 5. The molecule has 2 rings (SSSR count). The Morgan fingerprint density at radius 2 is 2.15 bits per heavy atom. The highest BCUT2D eigenvalue weighted by Crippen LogP contribution is 2.28. The summed E-state index contributed by atoms with van der Waals surface area (Å²) in [5.41, 5.74) is -1.27. The number of nitrogens with one attached hydrogen (secondary N) is 1. The average Bonchev–Trinajstić information content (AvgIpc) is 2.83. The molecular weight excluding hydrogens is 304 g/mol. The molecule has 0 aromatic carbocycles. The first-order valence-electron chi connectivity index (χ1n) is 5.55. The van der Waals surface area contributed by atoms with Crippen molar-refractivity contribution < 1.29 is 22.4 Å². The van der Waals surface area contributed by atoms with Crippen LogP contribution < -0.4 is 9.74 Å². The van der Waals surface area contributed by atoms with Crippen molar-refractivity contribution in [2.45, 2.75) is 24.8 Å². The summed E-state index contributed by atoms with van der Waals surface area (Å²) in [5, 5.41) is 2.58. The van der Waals surface area contributed by atoms with Crippen LogP contribution in [-0.2, 0) is 11.0 Å². The quantitative estimate of drug-likeness (QED) is 0.667. The van der Waals surface area contributed by atoms with Crippen molar-refractivity contribution in [2.24, 2.45) is 0 Å². The van der Waals surface area contributed by atoms with E-state index in [0.717, 1.165) is 6.20 Å². The second-order valence-electron chi connectivity index (χ2n) is 4.17. The molecule has 1 aromatic heterocycles. The van der Waals surface area contributed by atoms with Gasteiger partial charge in [-0.05, 0) is 0 Å². The van der Waals surface area contributed by atoms with Gasteiger partial charge in [0, 0.05) is 24.7 Å². The Kier molecular flexibility index (Phi) is 4.09. The molecule has 110 valence electrons. The minimum absolute atomic E-state index is 0.00456. The Hall–Kier alpha value is -1.48. The Morgan fingerprint density at radius 1 is 1.45 bits per heavy atom. The molecule has 0 saturated carbocycles. The van der Waals surface area contributed by atoms with E-state index in [2.05, 4.69) is 15.3 Å². The molecule has 2 heterocycles. The standard InChI is InChI=1S/C10H9ClF4N4O/c11-19(9(20)6-1-5(12)2-17-6)8-4-16-3-7(18-8)10(13,14)15/h3-6,17H,1-2H2/t5-,6+/m1/s1. The van der Waals surface area contributed by atoms with Crippen LogP contribution in [-0.4, -0.2) is 34.6 Å². The highest BCUT2D eigenvalue weighted by Gasteiger charge is 2.36. The number of aromatic nitrogens is 2. The minimum Gasteiger partial charge on any atom is -0.303 e. The summed E-state index contributed by atoms with van der Waals surface area (Å²) in [4.78, 5) is 18.4. The Labute approximate surface area is 116 Å². The molecule has 0 radical (unpaired) electrons. The van der Waals surface area contributed by atoms with Gasteiger partial charge >= 0.3 is 6.18 Å². The third-order valence-electron chi connectivity index (χ3n) is 2.68. The Morgan fingerprint density at radius 3 is 2.70 bits per heavy atom. The lowest BCUT2D eigenvalue weighted by atomic mass is 10.2. The van der Waals surface area contributed by atoms with Crippen molar-refractivity contribution in [1.82, 2.24) is 15.3 Å². The minimum atomic E-state index is -4.70. The number of hydrogen-bond acceptors (Lipinski definition) is 4. The van der Waals surface area contributed by atoms with Gasteiger partial charge in [0.05, 0.1) is 18.4 Å². The first-order valence-corrected chi connectivity index (χ1v) is 5.89. The highest BCUT2D eigenvalue weighted by atomic mass is 35.5. The number of rotatable bonds is 2. The van der Waals surface area contributed by atoms with Crippen molar-refractivity contribution >= 4 is 23.5 Å². The zero-order valence-corrected chi connectivity index (χ0v) is 10.6. The van der Waals surface area contributed by atoms with Gasteiger partial charge in [-0.15, -0.1) is 0 Å². The van der Waals surface area contributed by atoms with E-state index in [9.17, 15) is 22.4 Å². The summed E-state index contributed by atoms with van der Waals surface area (Å²) in [7, 11) is 0. The van der Waals surface area contributed by atoms with Crippen LogP contribution >= 0.6 is 11.8 Å². The molecule has 5 nitrogen and oxygen atoms in total. The van der Waals surface area contributed by atoms with Crippen molar-refractivity contribution in [1.29, 1.82) is 0 Å². The molecule has 1 fully saturated rings. The second-order valence-corrected chi connectivity index (χ2v) is 4.51. The molecule has 1 aromatic rings. The summed E-state index contributed by atoms with van der Waals surface area (Å²) in [5.74, 6) is -1.24. The van der Waals surface area contributed by atoms with Crippen LogP contribution in [0.1, 0.15) is 12.1 Å². The lowest BCUT2D eigenvalue weighted by Crippen LogP contribution is -2.39. The van der Waals surface area contributed by atoms with Gasteiger partial charge < -0.3 is 5.32 Å². The molecule has 1 saturated heterocycles. The van der Waals surface area contributed by atoms with Crippen molar-refractivity contribution in [2.75, 3.05) is 11.0 Å². The molecule has 1 aliphatic rings. The molecule has 1 aliphatic heterocycles. The van der Waals surface area contributed by atoms with Crippen LogP contribution in [0.4, 0.5) is 23.4 Å². The van der Waals surface area contributed by atoms with Gasteiger partial charge in [0.25, 0.3) is 5.91 Å². The lowest BCUT2D eigenvalue weighted by molar-refractivity contribution is -0.141. The fraction of sp³-hybridized carbons (Fsp3) is 0.500. The molecule has 0 bridgehead atoms. The van der Waals surface area contributed by atoms with Crippen LogP contribution in [0.3, 0.4) is 0 Å². The number of hydrogen-bond donors (Lipinski definition) is 1. The van der Waals surface area contributed by atoms with E-state index in [1.807, 2.05) is 0 Å².